The van der Waals surface area contributed by atoms with E-state index in [0.29, 0.717) is 11.5 Å². The van der Waals surface area contributed by atoms with Crippen molar-refractivity contribution in [2.45, 2.75) is 96.5 Å². The lowest BCUT2D eigenvalue weighted by molar-refractivity contribution is -0.0521. The lowest BCUT2D eigenvalue weighted by Crippen LogP contribution is -2.30. The van der Waals surface area contributed by atoms with Gasteiger partial charge in [-0.3, -0.25) is 0 Å². The minimum atomic E-state index is -3.18. The van der Waals surface area contributed by atoms with Crippen molar-refractivity contribution in [1.82, 2.24) is 0 Å². The standard InChI is InChI=1S/C30H37F5O/c1-2-3-4-5-6-7-19-8-9-21-15-22(11-10-20(21)14-19)24-17-26(32)29(27(33)18-24)23-12-13-28(25(31)16-23)36-30(34)35/h12-13,16-22,30H,2-11,14-15H2,1H3/t19?,20-,21-,22-/m1/s1. The number of hydrogen-bond acceptors (Lipinski definition) is 1. The van der Waals surface area contributed by atoms with Crippen molar-refractivity contribution in [3.63, 3.8) is 0 Å². The first-order valence-electron chi connectivity index (χ1n) is 13.6. The summed E-state index contributed by atoms with van der Waals surface area (Å²) in [5.41, 5.74) is 0.255. The monoisotopic (exact) mass is 508 g/mol. The number of benzene rings is 2. The van der Waals surface area contributed by atoms with Gasteiger partial charge in [-0.05, 0) is 91.2 Å². The van der Waals surface area contributed by atoms with Gasteiger partial charge in [0.15, 0.2) is 11.6 Å². The molecule has 0 saturated heterocycles. The van der Waals surface area contributed by atoms with Crippen molar-refractivity contribution in [3.05, 3.63) is 53.3 Å². The minimum absolute atomic E-state index is 0.0487. The fourth-order valence-corrected chi connectivity index (χ4v) is 6.54. The molecular weight excluding hydrogens is 471 g/mol. The van der Waals surface area contributed by atoms with E-state index in [1.165, 1.54) is 76.0 Å². The number of fused-ring (bicyclic) bond motifs is 1. The minimum Gasteiger partial charge on any atom is -0.432 e. The zero-order valence-corrected chi connectivity index (χ0v) is 21.1. The second kappa shape index (κ2) is 12.4. The molecule has 0 aromatic heterocycles. The molecule has 4 atom stereocenters. The predicted molar refractivity (Wildman–Crippen MR) is 133 cm³/mol. The van der Waals surface area contributed by atoms with Gasteiger partial charge in [-0.2, -0.15) is 8.78 Å². The summed E-state index contributed by atoms with van der Waals surface area (Å²) in [6.45, 7) is -0.941. The molecule has 0 aliphatic heterocycles. The van der Waals surface area contributed by atoms with Crippen LogP contribution in [0.5, 0.6) is 5.75 Å². The molecule has 2 aliphatic carbocycles. The van der Waals surface area contributed by atoms with Gasteiger partial charge in [-0.1, -0.05) is 57.9 Å². The molecule has 2 saturated carbocycles. The maximum absolute atomic E-state index is 15.1. The first-order valence-corrected chi connectivity index (χ1v) is 13.6. The summed E-state index contributed by atoms with van der Waals surface area (Å²) in [6, 6.07) is 5.72. The van der Waals surface area contributed by atoms with Crippen molar-refractivity contribution in [2.24, 2.45) is 17.8 Å². The first-order chi connectivity index (χ1) is 17.4. The molecule has 6 heteroatoms. The molecule has 0 amide bonds. The van der Waals surface area contributed by atoms with E-state index in [1.807, 2.05) is 0 Å². The molecule has 1 nitrogen and oxygen atoms in total. The third kappa shape index (κ3) is 6.60. The summed E-state index contributed by atoms with van der Waals surface area (Å²) in [4.78, 5) is 0. The third-order valence-electron chi connectivity index (χ3n) is 8.41. The first kappa shape index (κ1) is 26.9. The summed E-state index contributed by atoms with van der Waals surface area (Å²) < 4.78 is 73.1. The van der Waals surface area contributed by atoms with Crippen LogP contribution in [0.3, 0.4) is 0 Å². The van der Waals surface area contributed by atoms with Crippen LogP contribution in [0.1, 0.15) is 95.5 Å². The zero-order valence-electron chi connectivity index (χ0n) is 21.1. The van der Waals surface area contributed by atoms with Crippen LogP contribution in [-0.2, 0) is 0 Å². The number of unbranched alkanes of at least 4 members (excludes halogenated alkanes) is 4. The highest BCUT2D eigenvalue weighted by Gasteiger charge is 2.36. The van der Waals surface area contributed by atoms with Gasteiger partial charge in [-0.15, -0.1) is 0 Å². The van der Waals surface area contributed by atoms with Crippen LogP contribution in [0.15, 0.2) is 30.3 Å². The molecule has 0 N–H and O–H groups in total. The van der Waals surface area contributed by atoms with E-state index in [-0.39, 0.29) is 17.0 Å². The van der Waals surface area contributed by atoms with Crippen molar-refractivity contribution < 1.29 is 26.7 Å². The average Bonchev–Trinajstić information content (AvgIpc) is 2.84. The fourth-order valence-electron chi connectivity index (χ4n) is 6.54. The Morgan fingerprint density at radius 2 is 1.50 bits per heavy atom. The molecule has 2 aromatic carbocycles. The summed E-state index contributed by atoms with van der Waals surface area (Å²) in [7, 11) is 0. The van der Waals surface area contributed by atoms with Gasteiger partial charge in [0.2, 0.25) is 0 Å². The van der Waals surface area contributed by atoms with E-state index in [4.69, 9.17) is 0 Å². The van der Waals surface area contributed by atoms with Gasteiger partial charge in [0, 0.05) is 0 Å². The van der Waals surface area contributed by atoms with E-state index >= 15 is 8.78 Å². The Bertz CT molecular complexity index is 984. The summed E-state index contributed by atoms with van der Waals surface area (Å²) in [5.74, 6) is -0.991. The molecule has 36 heavy (non-hydrogen) atoms. The molecule has 2 fully saturated rings. The van der Waals surface area contributed by atoms with Crippen LogP contribution >= 0.6 is 0 Å². The molecule has 2 aliphatic rings. The van der Waals surface area contributed by atoms with Crippen molar-refractivity contribution >= 4 is 0 Å². The smallest absolute Gasteiger partial charge is 0.387 e. The van der Waals surface area contributed by atoms with Crippen LogP contribution in [0.4, 0.5) is 22.0 Å². The molecule has 1 unspecified atom stereocenters. The maximum Gasteiger partial charge on any atom is 0.387 e. The second-order valence-electron chi connectivity index (χ2n) is 10.8. The summed E-state index contributed by atoms with van der Waals surface area (Å²) in [6.07, 6.45) is 14.7. The quantitative estimate of drug-likeness (QED) is 0.229. The number of rotatable bonds is 10. The molecule has 2 aromatic rings. The van der Waals surface area contributed by atoms with Gasteiger partial charge in [0.25, 0.3) is 0 Å². The molecule has 0 radical (unpaired) electrons. The molecule has 0 spiro atoms. The SMILES string of the molecule is CCCCCCCC1CC[C@@H]2C[C@H](c3cc(F)c(-c4ccc(OC(F)F)c(F)c4)c(F)c3)CC[C@@H]2C1. The summed E-state index contributed by atoms with van der Waals surface area (Å²) >= 11 is 0. The normalized spacial score (nSPS) is 24.1. The molecule has 4 rings (SSSR count). The Balaban J connectivity index is 1.38. The van der Waals surface area contributed by atoms with Crippen LogP contribution in [-0.4, -0.2) is 6.61 Å². The largest absolute Gasteiger partial charge is 0.432 e. The van der Waals surface area contributed by atoms with E-state index in [2.05, 4.69) is 11.7 Å². The predicted octanol–water partition coefficient (Wildman–Crippen LogP) is 10.0. The van der Waals surface area contributed by atoms with Crippen molar-refractivity contribution in [1.29, 1.82) is 0 Å². The van der Waals surface area contributed by atoms with Crippen LogP contribution in [0.25, 0.3) is 11.1 Å². The topological polar surface area (TPSA) is 9.23 Å². The Hall–Kier alpha value is -2.11. The van der Waals surface area contributed by atoms with E-state index in [1.54, 1.807) is 0 Å². The number of alkyl halides is 2. The third-order valence-corrected chi connectivity index (χ3v) is 8.41. The highest BCUT2D eigenvalue weighted by Crippen LogP contribution is 2.49. The molecule has 0 heterocycles. The molecular formula is C30H37F5O. The van der Waals surface area contributed by atoms with Gasteiger partial charge in [-0.25, -0.2) is 13.2 Å². The fraction of sp³-hybridized carbons (Fsp3) is 0.600. The van der Waals surface area contributed by atoms with Gasteiger partial charge >= 0.3 is 6.61 Å². The lowest BCUT2D eigenvalue weighted by Gasteiger charge is -2.42. The van der Waals surface area contributed by atoms with E-state index in [9.17, 15) is 13.2 Å². The van der Waals surface area contributed by atoms with E-state index in [0.717, 1.165) is 43.2 Å². The maximum atomic E-state index is 15.1. The van der Waals surface area contributed by atoms with Gasteiger partial charge in [0.1, 0.15) is 11.6 Å². The Morgan fingerprint density at radius 3 is 2.19 bits per heavy atom. The van der Waals surface area contributed by atoms with Crippen LogP contribution < -0.4 is 4.74 Å². The Morgan fingerprint density at radius 1 is 0.806 bits per heavy atom. The van der Waals surface area contributed by atoms with E-state index < -0.39 is 29.8 Å². The number of hydrogen-bond donors (Lipinski definition) is 0. The number of ether oxygens (including phenoxy) is 1. The highest BCUT2D eigenvalue weighted by molar-refractivity contribution is 5.66. The zero-order chi connectivity index (χ0) is 25.7. The molecule has 0 bridgehead atoms. The Labute approximate surface area is 211 Å². The average molecular weight is 509 g/mol. The van der Waals surface area contributed by atoms with Crippen LogP contribution in [0, 0.1) is 35.2 Å². The van der Waals surface area contributed by atoms with Crippen LogP contribution in [0.2, 0.25) is 0 Å². The van der Waals surface area contributed by atoms with Gasteiger partial charge < -0.3 is 4.74 Å². The highest BCUT2D eigenvalue weighted by atomic mass is 19.3. The van der Waals surface area contributed by atoms with Crippen molar-refractivity contribution in [3.8, 4) is 16.9 Å². The second-order valence-corrected chi connectivity index (χ2v) is 10.8. The summed E-state index contributed by atoms with van der Waals surface area (Å²) in [5, 5.41) is 0. The Kier molecular flexibility index (Phi) is 9.30. The lowest BCUT2D eigenvalue weighted by atomic mass is 9.63. The van der Waals surface area contributed by atoms with Gasteiger partial charge in [0.05, 0.1) is 5.56 Å². The van der Waals surface area contributed by atoms with Crippen molar-refractivity contribution in [2.75, 3.05) is 0 Å². The molecule has 198 valence electrons. The number of halogens is 5.